The van der Waals surface area contributed by atoms with Crippen LogP contribution in [0.5, 0.6) is 0 Å². The Bertz CT molecular complexity index is 1220. The summed E-state index contributed by atoms with van der Waals surface area (Å²) < 4.78 is -0.141. The van der Waals surface area contributed by atoms with Gasteiger partial charge in [0.2, 0.25) is 0 Å². The highest BCUT2D eigenvalue weighted by Gasteiger charge is 2.27. The van der Waals surface area contributed by atoms with Gasteiger partial charge in [0.25, 0.3) is 0 Å². The van der Waals surface area contributed by atoms with Gasteiger partial charge in [-0.1, -0.05) is 93.2 Å². The molecule has 1 aromatic rings. The minimum Gasteiger partial charge on any atom is -0.322 e. The Morgan fingerprint density at radius 2 is 0.595 bits per heavy atom. The van der Waals surface area contributed by atoms with E-state index in [0.29, 0.717) is 38.5 Å². The molecule has 1 heterocycles. The quantitative estimate of drug-likeness (QED) is 0.279. The monoisotopic (exact) mass is 591 g/mol. The average Bonchev–Trinajstić information content (AvgIpc) is 2.99. The molecule has 0 bridgehead atoms. The lowest BCUT2D eigenvalue weighted by atomic mass is 10.0. The first-order chi connectivity index (χ1) is 20.0. The van der Waals surface area contributed by atoms with Crippen LogP contribution in [0.1, 0.15) is 120 Å². The Labute approximate surface area is 246 Å². The maximum Gasteiger partial charge on any atom is 0.405 e. The Morgan fingerprint density at radius 1 is 0.405 bits per heavy atom. The number of carbonyl (C=O) groups is 3. The van der Waals surface area contributed by atoms with Crippen LogP contribution in [-0.2, 0) is 14.4 Å². The van der Waals surface area contributed by atoms with Gasteiger partial charge in [-0.05, 0) is 57.8 Å². The zero-order chi connectivity index (χ0) is 32.1. The van der Waals surface area contributed by atoms with Gasteiger partial charge in [0.15, 0.2) is 0 Å². The molecule has 1 rings (SSSR count). The molecule has 0 saturated heterocycles. The highest BCUT2D eigenvalue weighted by Crippen LogP contribution is 2.18. The van der Waals surface area contributed by atoms with Crippen LogP contribution in [0.2, 0.25) is 0 Å². The van der Waals surface area contributed by atoms with Gasteiger partial charge in [-0.25, -0.2) is 28.8 Å². The van der Waals surface area contributed by atoms with Crippen LogP contribution in [0, 0.1) is 0 Å². The van der Waals surface area contributed by atoms with E-state index < -0.39 is 35.0 Å². The summed E-state index contributed by atoms with van der Waals surface area (Å²) in [4.78, 5) is 94.8. The molecule has 0 aliphatic carbocycles. The van der Waals surface area contributed by atoms with E-state index in [9.17, 15) is 28.8 Å². The number of hydrogen-bond donors (Lipinski definition) is 0. The first-order valence-corrected chi connectivity index (χ1v) is 14.8. The van der Waals surface area contributed by atoms with Gasteiger partial charge in [-0.3, -0.25) is 0 Å². The van der Waals surface area contributed by atoms with Crippen LogP contribution in [-0.4, -0.2) is 32.1 Å². The molecule has 0 atom stereocenters. The molecule has 0 unspecified atom stereocenters. The van der Waals surface area contributed by atoms with Gasteiger partial charge in [-0.2, -0.15) is 0 Å². The summed E-state index contributed by atoms with van der Waals surface area (Å²) in [6, 6.07) is 0. The van der Waals surface area contributed by atoms with Crippen LogP contribution in [0.4, 0.5) is 0 Å². The second-order valence-corrected chi connectivity index (χ2v) is 9.30. The van der Waals surface area contributed by atoms with E-state index in [1.807, 2.05) is 41.5 Å². The van der Waals surface area contributed by atoms with E-state index in [2.05, 4.69) is 0 Å². The summed E-state index contributed by atoms with van der Waals surface area (Å²) in [5.41, 5.74) is -1.70. The fourth-order valence-corrected chi connectivity index (χ4v) is 4.79. The standard InChI is InChI=1S/C30H45N3O9/c1-10-19(11-2)22(16-7)25(34)40-31-28(37)32(41-26(35)23(17-8)20(12-3)13-4)30(39)33(29(31)38)42-27(36)24(18-9)21(14-5)15-6/h10-18H2,1-9H3. The first kappa shape index (κ1) is 36.1. The van der Waals surface area contributed by atoms with Gasteiger partial charge in [0.1, 0.15) is 0 Å². The molecule has 0 aromatic carbocycles. The SMILES string of the molecule is CCC(CC)=C(CC)C(=O)On1c(=O)n(OC(=O)C(CC)=C(CC)CC)c(=O)n(OC(=O)C(CC)=C(CC)CC)c1=O. The summed E-state index contributed by atoms with van der Waals surface area (Å²) in [5, 5.41) is 0. The van der Waals surface area contributed by atoms with Gasteiger partial charge >= 0.3 is 35.0 Å². The third-order valence-electron chi connectivity index (χ3n) is 7.21. The Hall–Kier alpha value is -3.96. The number of rotatable bonds is 15. The second-order valence-electron chi connectivity index (χ2n) is 9.30. The molecule has 12 nitrogen and oxygen atoms in total. The zero-order valence-corrected chi connectivity index (χ0v) is 26.4. The fourth-order valence-electron chi connectivity index (χ4n) is 4.79. The predicted octanol–water partition coefficient (Wildman–Crippen LogP) is 3.62. The minimum atomic E-state index is -1.55. The predicted molar refractivity (Wildman–Crippen MR) is 158 cm³/mol. The largest absolute Gasteiger partial charge is 0.405 e. The Balaban J connectivity index is 4.00. The maximum absolute atomic E-state index is 13.3. The average molecular weight is 592 g/mol. The summed E-state index contributed by atoms with van der Waals surface area (Å²) in [6.45, 7) is 16.2. The number of hydrogen-bond acceptors (Lipinski definition) is 9. The van der Waals surface area contributed by atoms with E-state index >= 15 is 0 Å². The molecule has 0 spiro atoms. The smallest absolute Gasteiger partial charge is 0.322 e. The normalized spacial score (nSPS) is 10.5. The van der Waals surface area contributed by atoms with E-state index in [-0.39, 0.29) is 50.2 Å². The van der Waals surface area contributed by atoms with Gasteiger partial charge in [-0.15, -0.1) is 0 Å². The summed E-state index contributed by atoms with van der Waals surface area (Å²) in [6.07, 6.45) is 3.86. The maximum atomic E-state index is 13.3. The second kappa shape index (κ2) is 17.1. The van der Waals surface area contributed by atoms with Crippen LogP contribution in [0.3, 0.4) is 0 Å². The van der Waals surface area contributed by atoms with Gasteiger partial charge < -0.3 is 14.5 Å². The molecule has 0 saturated carbocycles. The van der Waals surface area contributed by atoms with Crippen molar-refractivity contribution in [1.29, 1.82) is 0 Å². The lowest BCUT2D eigenvalue weighted by Gasteiger charge is -2.16. The molecule has 0 fully saturated rings. The molecule has 0 aliphatic heterocycles. The summed E-state index contributed by atoms with van der Waals surface area (Å²) >= 11 is 0. The molecule has 1 aromatic heterocycles. The fraction of sp³-hybridized carbons (Fsp3) is 0.600. The first-order valence-electron chi connectivity index (χ1n) is 14.8. The number of nitrogens with zero attached hydrogens (tertiary/aromatic N) is 3. The molecular weight excluding hydrogens is 546 g/mol. The van der Waals surface area contributed by atoms with Crippen molar-refractivity contribution in [1.82, 2.24) is 14.2 Å². The minimum absolute atomic E-state index is 0.0470. The van der Waals surface area contributed by atoms with Crippen molar-refractivity contribution in [3.8, 4) is 0 Å². The van der Waals surface area contributed by atoms with Crippen molar-refractivity contribution in [3.05, 3.63) is 64.9 Å². The molecule has 0 N–H and O–H groups in total. The van der Waals surface area contributed by atoms with Crippen molar-refractivity contribution in [2.75, 3.05) is 0 Å². The molecule has 0 amide bonds. The van der Waals surface area contributed by atoms with Crippen LogP contribution in [0.25, 0.3) is 0 Å². The summed E-state index contributed by atoms with van der Waals surface area (Å²) in [7, 11) is 0. The number of aromatic nitrogens is 3. The summed E-state index contributed by atoms with van der Waals surface area (Å²) in [5.74, 6) is -3.02. The highest BCUT2D eigenvalue weighted by atomic mass is 16.8. The van der Waals surface area contributed by atoms with E-state index in [0.717, 1.165) is 16.7 Å². The molecule has 0 aliphatic rings. The number of carbonyl (C=O) groups excluding carboxylic acids is 3. The molecule has 234 valence electrons. The third-order valence-corrected chi connectivity index (χ3v) is 7.21. The Morgan fingerprint density at radius 3 is 0.738 bits per heavy atom. The van der Waals surface area contributed by atoms with Crippen molar-refractivity contribution < 1.29 is 28.9 Å². The lowest BCUT2D eigenvalue weighted by molar-refractivity contribution is -0.148. The Kier molecular flexibility index (Phi) is 14.7. The lowest BCUT2D eigenvalue weighted by Crippen LogP contribution is -2.61. The molecule has 0 radical (unpaired) electrons. The van der Waals surface area contributed by atoms with Crippen LogP contribution < -0.4 is 31.6 Å². The van der Waals surface area contributed by atoms with E-state index in [1.54, 1.807) is 20.8 Å². The molecular formula is C30H45N3O9. The number of allylic oxidation sites excluding steroid dienone is 3. The third kappa shape index (κ3) is 8.07. The molecule has 12 heteroatoms. The van der Waals surface area contributed by atoms with Gasteiger partial charge in [0.05, 0.1) is 0 Å². The topological polar surface area (TPSA) is 145 Å². The van der Waals surface area contributed by atoms with Crippen molar-refractivity contribution >= 4 is 17.9 Å². The molecule has 42 heavy (non-hydrogen) atoms. The van der Waals surface area contributed by atoms with E-state index in [1.165, 1.54) is 0 Å². The van der Waals surface area contributed by atoms with Crippen molar-refractivity contribution in [2.45, 2.75) is 120 Å². The highest BCUT2D eigenvalue weighted by molar-refractivity contribution is 5.90. The van der Waals surface area contributed by atoms with Crippen molar-refractivity contribution in [2.24, 2.45) is 0 Å². The van der Waals surface area contributed by atoms with Crippen LogP contribution in [0.15, 0.2) is 47.8 Å². The zero-order valence-electron chi connectivity index (χ0n) is 26.4. The van der Waals surface area contributed by atoms with Crippen LogP contribution >= 0.6 is 0 Å². The van der Waals surface area contributed by atoms with Gasteiger partial charge in [0, 0.05) is 16.7 Å². The van der Waals surface area contributed by atoms with Crippen molar-refractivity contribution in [3.63, 3.8) is 0 Å². The van der Waals surface area contributed by atoms with E-state index in [4.69, 9.17) is 14.5 Å².